The lowest BCUT2D eigenvalue weighted by Gasteiger charge is -2.21. The number of allylic oxidation sites excluding steroid dienone is 2. The largest absolute Gasteiger partial charge is 0.573 e. The van der Waals surface area contributed by atoms with Crippen LogP contribution >= 0.6 is 0 Å². The van der Waals surface area contributed by atoms with Gasteiger partial charge in [0.05, 0.1) is 0 Å². The van der Waals surface area contributed by atoms with Crippen LogP contribution in [0.1, 0.15) is 29.2 Å². The van der Waals surface area contributed by atoms with Crippen molar-refractivity contribution in [2.75, 3.05) is 0 Å². The summed E-state index contributed by atoms with van der Waals surface area (Å²) in [7, 11) is 0. The van der Waals surface area contributed by atoms with E-state index in [1.165, 1.54) is 12.1 Å². The fourth-order valence-corrected chi connectivity index (χ4v) is 3.02. The zero-order valence-corrected chi connectivity index (χ0v) is 13.7. The highest BCUT2D eigenvalue weighted by Gasteiger charge is 2.35. The van der Waals surface area contributed by atoms with E-state index in [1.807, 2.05) is 6.92 Å². The summed E-state index contributed by atoms with van der Waals surface area (Å²) in [6.45, 7) is 1.89. The highest BCUT2D eigenvalue weighted by atomic mass is 19.4. The molecule has 0 N–H and O–H groups in total. The van der Waals surface area contributed by atoms with Gasteiger partial charge in [0.1, 0.15) is 5.82 Å². The van der Waals surface area contributed by atoms with Crippen LogP contribution < -0.4 is 4.74 Å². The highest BCUT2D eigenvalue weighted by molar-refractivity contribution is 5.71. The van der Waals surface area contributed by atoms with Crippen molar-refractivity contribution in [3.8, 4) is 5.75 Å². The third-order valence-electron chi connectivity index (χ3n) is 4.31. The van der Waals surface area contributed by atoms with Gasteiger partial charge in [-0.25, -0.2) is 13.2 Å². The Morgan fingerprint density at radius 1 is 1.04 bits per heavy atom. The molecule has 0 saturated carbocycles. The molecule has 0 spiro atoms. The number of rotatable bonds is 3. The fourth-order valence-electron chi connectivity index (χ4n) is 3.02. The lowest BCUT2D eigenvalue weighted by Crippen LogP contribution is -2.20. The van der Waals surface area contributed by atoms with Crippen molar-refractivity contribution >= 4 is 5.57 Å². The summed E-state index contributed by atoms with van der Waals surface area (Å²) in [5, 5.41) is 0. The molecule has 3 rings (SSSR count). The first-order valence-corrected chi connectivity index (χ1v) is 7.93. The van der Waals surface area contributed by atoms with E-state index >= 15 is 0 Å². The molecule has 0 unspecified atom stereocenters. The van der Waals surface area contributed by atoms with E-state index in [2.05, 4.69) is 4.74 Å². The molecule has 0 aromatic heterocycles. The normalized spacial score (nSPS) is 14.0. The number of alkyl halides is 3. The van der Waals surface area contributed by atoms with Gasteiger partial charge in [0, 0.05) is 5.56 Å². The standard InChI is InChI=1S/C19H14F6O/c1-2-10-3-5-13(15(20)7-10)11-4-6-14-12(8-11)9-16(21)18(17(14)22)26-19(23,24)25/h3-5,7,9H,2,6,8H2,1H3. The van der Waals surface area contributed by atoms with Crippen molar-refractivity contribution in [3.05, 3.63) is 70.0 Å². The minimum atomic E-state index is -5.20. The first-order valence-electron chi connectivity index (χ1n) is 7.93. The molecule has 0 radical (unpaired) electrons. The molecule has 26 heavy (non-hydrogen) atoms. The molecule has 0 bridgehead atoms. The molecule has 2 aromatic rings. The van der Waals surface area contributed by atoms with E-state index in [-0.39, 0.29) is 24.0 Å². The Balaban J connectivity index is 1.96. The van der Waals surface area contributed by atoms with E-state index in [0.717, 1.165) is 11.6 Å². The van der Waals surface area contributed by atoms with E-state index in [1.54, 1.807) is 12.1 Å². The second-order valence-corrected chi connectivity index (χ2v) is 5.96. The average Bonchev–Trinajstić information content (AvgIpc) is 2.57. The molecule has 1 aliphatic rings. The predicted molar refractivity (Wildman–Crippen MR) is 84.2 cm³/mol. The number of fused-ring (bicyclic) bond motifs is 1. The third kappa shape index (κ3) is 3.57. The molecule has 2 aromatic carbocycles. The topological polar surface area (TPSA) is 9.23 Å². The van der Waals surface area contributed by atoms with Gasteiger partial charge in [0.15, 0.2) is 11.6 Å². The third-order valence-corrected chi connectivity index (χ3v) is 4.31. The molecule has 1 nitrogen and oxygen atoms in total. The monoisotopic (exact) mass is 372 g/mol. The molecule has 0 heterocycles. The van der Waals surface area contributed by atoms with Gasteiger partial charge in [0.2, 0.25) is 5.75 Å². The van der Waals surface area contributed by atoms with Crippen molar-refractivity contribution in [3.63, 3.8) is 0 Å². The lowest BCUT2D eigenvalue weighted by molar-refractivity contribution is -0.276. The minimum Gasteiger partial charge on any atom is -0.399 e. The SMILES string of the molecule is CCc1ccc(C2=CCc3c(cc(F)c(OC(F)(F)F)c3F)C2)c(F)c1. The van der Waals surface area contributed by atoms with Gasteiger partial charge in [-0.15, -0.1) is 13.2 Å². The number of hydrogen-bond acceptors (Lipinski definition) is 1. The molecule has 0 aliphatic heterocycles. The van der Waals surface area contributed by atoms with Crippen LogP contribution in [-0.2, 0) is 19.3 Å². The number of benzene rings is 2. The van der Waals surface area contributed by atoms with Crippen LogP contribution in [-0.4, -0.2) is 6.36 Å². The summed E-state index contributed by atoms with van der Waals surface area (Å²) in [6, 6.07) is 5.56. The Hall–Kier alpha value is -2.44. The molecule has 7 heteroatoms. The Kier molecular flexibility index (Phi) is 4.73. The second-order valence-electron chi connectivity index (χ2n) is 5.96. The maximum Gasteiger partial charge on any atom is 0.573 e. The van der Waals surface area contributed by atoms with Crippen LogP contribution in [0, 0.1) is 17.5 Å². The van der Waals surface area contributed by atoms with E-state index in [0.29, 0.717) is 17.6 Å². The summed E-state index contributed by atoms with van der Waals surface area (Å²) in [5.74, 6) is -4.74. The van der Waals surface area contributed by atoms with Crippen molar-refractivity contribution in [1.82, 2.24) is 0 Å². The van der Waals surface area contributed by atoms with Gasteiger partial charge in [-0.3, -0.25) is 0 Å². The maximum atomic E-state index is 14.3. The van der Waals surface area contributed by atoms with Crippen molar-refractivity contribution in [1.29, 1.82) is 0 Å². The Labute approximate surface area is 145 Å². The van der Waals surface area contributed by atoms with Crippen LogP contribution in [0.15, 0.2) is 30.3 Å². The van der Waals surface area contributed by atoms with E-state index in [9.17, 15) is 26.3 Å². The Bertz CT molecular complexity index is 883. The van der Waals surface area contributed by atoms with Crippen LogP contribution in [0.5, 0.6) is 5.75 Å². The van der Waals surface area contributed by atoms with Gasteiger partial charge in [0.25, 0.3) is 0 Å². The molecule has 1 aliphatic carbocycles. The first-order chi connectivity index (χ1) is 12.2. The number of ether oxygens (including phenoxy) is 1. The van der Waals surface area contributed by atoms with Crippen molar-refractivity contribution in [2.24, 2.45) is 0 Å². The lowest BCUT2D eigenvalue weighted by atomic mass is 9.87. The summed E-state index contributed by atoms with van der Waals surface area (Å²) in [6.07, 6.45) is -3.07. The molecule has 0 fully saturated rings. The summed E-state index contributed by atoms with van der Waals surface area (Å²) < 4.78 is 82.9. The molecular weight excluding hydrogens is 358 g/mol. The average molecular weight is 372 g/mol. The van der Waals surface area contributed by atoms with Gasteiger partial charge in [-0.1, -0.05) is 25.1 Å². The molecule has 138 valence electrons. The second kappa shape index (κ2) is 6.70. The van der Waals surface area contributed by atoms with Gasteiger partial charge < -0.3 is 4.74 Å². The summed E-state index contributed by atoms with van der Waals surface area (Å²) >= 11 is 0. The van der Waals surface area contributed by atoms with Crippen LogP contribution in [0.3, 0.4) is 0 Å². The molecule has 0 amide bonds. The molecule has 0 saturated heterocycles. The summed E-state index contributed by atoms with van der Waals surface area (Å²) in [4.78, 5) is 0. The Morgan fingerprint density at radius 2 is 1.77 bits per heavy atom. The highest BCUT2D eigenvalue weighted by Crippen LogP contribution is 2.37. The van der Waals surface area contributed by atoms with Crippen LogP contribution in [0.4, 0.5) is 26.3 Å². The smallest absolute Gasteiger partial charge is 0.399 e. The summed E-state index contributed by atoms with van der Waals surface area (Å²) in [5.41, 5.74) is 1.74. The van der Waals surface area contributed by atoms with Crippen LogP contribution in [0.2, 0.25) is 0 Å². The molecular formula is C19H14F6O. The zero-order valence-electron chi connectivity index (χ0n) is 13.7. The van der Waals surface area contributed by atoms with Crippen LogP contribution in [0.25, 0.3) is 5.57 Å². The van der Waals surface area contributed by atoms with Gasteiger partial charge >= 0.3 is 6.36 Å². The fraction of sp³-hybridized carbons (Fsp3) is 0.263. The van der Waals surface area contributed by atoms with Crippen molar-refractivity contribution < 1.29 is 31.1 Å². The van der Waals surface area contributed by atoms with E-state index in [4.69, 9.17) is 0 Å². The maximum absolute atomic E-state index is 14.3. The predicted octanol–water partition coefficient (Wildman–Crippen LogP) is 5.75. The van der Waals surface area contributed by atoms with Gasteiger partial charge in [-0.05, 0) is 53.7 Å². The molecule has 0 atom stereocenters. The minimum absolute atomic E-state index is 0.0118. The number of aryl methyl sites for hydroxylation is 1. The Morgan fingerprint density at radius 3 is 2.38 bits per heavy atom. The first kappa shape index (κ1) is 18.4. The quantitative estimate of drug-likeness (QED) is 0.624. The van der Waals surface area contributed by atoms with E-state index < -0.39 is 29.6 Å². The number of halogens is 6. The zero-order chi connectivity index (χ0) is 19.1. The van der Waals surface area contributed by atoms with Gasteiger partial charge in [-0.2, -0.15) is 0 Å². The van der Waals surface area contributed by atoms with Crippen molar-refractivity contribution in [2.45, 2.75) is 32.5 Å². The number of hydrogen-bond donors (Lipinski definition) is 0.